The first-order valence-electron chi connectivity index (χ1n) is 6.25. The van der Waals surface area contributed by atoms with Crippen molar-refractivity contribution in [3.8, 4) is 0 Å². The molecule has 0 aliphatic carbocycles. The molecule has 2 rings (SSSR count). The van der Waals surface area contributed by atoms with Crippen LogP contribution in [0.2, 0.25) is 0 Å². The molecule has 0 spiro atoms. The van der Waals surface area contributed by atoms with Crippen molar-refractivity contribution in [1.82, 2.24) is 5.32 Å². The van der Waals surface area contributed by atoms with E-state index in [4.69, 9.17) is 0 Å². The second-order valence-electron chi connectivity index (χ2n) is 5.56. The molecule has 1 fully saturated rings. The van der Waals surface area contributed by atoms with E-state index in [1.54, 1.807) is 0 Å². The van der Waals surface area contributed by atoms with Crippen LogP contribution < -0.4 is 10.2 Å². The smallest absolute Gasteiger partial charge is 0.0380 e. The Morgan fingerprint density at radius 1 is 1.41 bits per heavy atom. The summed E-state index contributed by atoms with van der Waals surface area (Å²) >= 11 is 3.55. The predicted octanol–water partition coefficient (Wildman–Crippen LogP) is 3.42. The summed E-state index contributed by atoms with van der Waals surface area (Å²) in [6, 6.07) is 9.17. The molecular formula is C14H21BrN2. The van der Waals surface area contributed by atoms with Gasteiger partial charge in [0.15, 0.2) is 0 Å². The van der Waals surface area contributed by atoms with Gasteiger partial charge in [-0.2, -0.15) is 0 Å². The lowest BCUT2D eigenvalue weighted by molar-refractivity contribution is 0.415. The van der Waals surface area contributed by atoms with Crippen LogP contribution in [-0.4, -0.2) is 24.7 Å². The van der Waals surface area contributed by atoms with Gasteiger partial charge < -0.3 is 10.2 Å². The standard InChI is InChI=1S/C14H21BrN2/c1-11-7-8-16-14(2,3)10-17(11)13-6-4-5-12(15)9-13/h4-6,9,11,16H,7-8,10H2,1-3H3. The molecular weight excluding hydrogens is 276 g/mol. The average Bonchev–Trinajstić information content (AvgIpc) is 2.38. The van der Waals surface area contributed by atoms with Crippen molar-refractivity contribution in [3.05, 3.63) is 28.7 Å². The molecule has 0 amide bonds. The highest BCUT2D eigenvalue weighted by atomic mass is 79.9. The fourth-order valence-electron chi connectivity index (χ4n) is 2.41. The van der Waals surface area contributed by atoms with Crippen molar-refractivity contribution >= 4 is 21.6 Å². The van der Waals surface area contributed by atoms with E-state index in [1.165, 1.54) is 12.1 Å². The molecule has 3 heteroatoms. The van der Waals surface area contributed by atoms with E-state index in [2.05, 4.69) is 71.2 Å². The Bertz CT molecular complexity index is 390. The van der Waals surface area contributed by atoms with E-state index in [-0.39, 0.29) is 5.54 Å². The third-order valence-corrected chi connectivity index (χ3v) is 3.90. The lowest BCUT2D eigenvalue weighted by Gasteiger charge is -2.35. The molecule has 1 saturated heterocycles. The minimum Gasteiger partial charge on any atom is -0.367 e. The Labute approximate surface area is 113 Å². The SMILES string of the molecule is CC1CCNC(C)(C)CN1c1cccc(Br)c1. The van der Waals surface area contributed by atoms with Crippen molar-refractivity contribution in [2.75, 3.05) is 18.0 Å². The number of halogens is 1. The third kappa shape index (κ3) is 3.23. The molecule has 1 atom stereocenters. The Balaban J connectivity index is 2.27. The number of hydrogen-bond donors (Lipinski definition) is 1. The van der Waals surface area contributed by atoms with E-state index >= 15 is 0 Å². The number of hydrogen-bond acceptors (Lipinski definition) is 2. The summed E-state index contributed by atoms with van der Waals surface area (Å²) in [5, 5.41) is 3.61. The first-order valence-corrected chi connectivity index (χ1v) is 7.04. The van der Waals surface area contributed by atoms with Crippen LogP contribution in [0.15, 0.2) is 28.7 Å². The molecule has 1 aliphatic rings. The number of benzene rings is 1. The van der Waals surface area contributed by atoms with Crippen molar-refractivity contribution in [2.24, 2.45) is 0 Å². The van der Waals surface area contributed by atoms with Crippen molar-refractivity contribution < 1.29 is 0 Å². The Hall–Kier alpha value is -0.540. The Kier molecular flexibility index (Phi) is 3.79. The second kappa shape index (κ2) is 4.99. The average molecular weight is 297 g/mol. The summed E-state index contributed by atoms with van der Waals surface area (Å²) < 4.78 is 1.15. The third-order valence-electron chi connectivity index (χ3n) is 3.40. The zero-order valence-corrected chi connectivity index (χ0v) is 12.4. The summed E-state index contributed by atoms with van der Waals surface area (Å²) in [6.45, 7) is 9.00. The van der Waals surface area contributed by atoms with E-state index in [0.717, 1.165) is 17.6 Å². The number of anilines is 1. The summed E-state index contributed by atoms with van der Waals surface area (Å²) in [6.07, 6.45) is 1.19. The van der Waals surface area contributed by atoms with E-state index in [9.17, 15) is 0 Å². The minimum atomic E-state index is 0.174. The largest absolute Gasteiger partial charge is 0.367 e. The molecule has 2 nitrogen and oxygen atoms in total. The predicted molar refractivity (Wildman–Crippen MR) is 77.6 cm³/mol. The maximum atomic E-state index is 3.61. The Morgan fingerprint density at radius 2 is 2.18 bits per heavy atom. The highest BCUT2D eigenvalue weighted by molar-refractivity contribution is 9.10. The monoisotopic (exact) mass is 296 g/mol. The van der Waals surface area contributed by atoms with Crippen molar-refractivity contribution in [1.29, 1.82) is 0 Å². The first-order chi connectivity index (χ1) is 7.98. The van der Waals surface area contributed by atoms with Gasteiger partial charge in [0.2, 0.25) is 0 Å². The molecule has 94 valence electrons. The number of rotatable bonds is 1. The normalized spacial score (nSPS) is 24.5. The zero-order chi connectivity index (χ0) is 12.5. The second-order valence-corrected chi connectivity index (χ2v) is 6.47. The summed E-state index contributed by atoms with van der Waals surface area (Å²) in [5.74, 6) is 0. The van der Waals surface area contributed by atoms with Gasteiger partial charge in [-0.25, -0.2) is 0 Å². The lowest BCUT2D eigenvalue weighted by atomic mass is 10.0. The van der Waals surface area contributed by atoms with Crippen LogP contribution in [0, 0.1) is 0 Å². The van der Waals surface area contributed by atoms with Crippen LogP contribution in [0.5, 0.6) is 0 Å². The molecule has 1 unspecified atom stereocenters. The van der Waals surface area contributed by atoms with E-state index in [0.29, 0.717) is 6.04 Å². The molecule has 0 aromatic heterocycles. The highest BCUT2D eigenvalue weighted by Gasteiger charge is 2.27. The maximum absolute atomic E-state index is 3.61. The molecule has 0 bridgehead atoms. The Morgan fingerprint density at radius 3 is 2.88 bits per heavy atom. The summed E-state index contributed by atoms with van der Waals surface area (Å²) in [5.41, 5.74) is 1.48. The van der Waals surface area contributed by atoms with E-state index < -0.39 is 0 Å². The summed E-state index contributed by atoms with van der Waals surface area (Å²) in [4.78, 5) is 2.50. The molecule has 1 aliphatic heterocycles. The maximum Gasteiger partial charge on any atom is 0.0380 e. The molecule has 17 heavy (non-hydrogen) atoms. The first kappa shape index (κ1) is 12.9. The quantitative estimate of drug-likeness (QED) is 0.854. The highest BCUT2D eigenvalue weighted by Crippen LogP contribution is 2.26. The van der Waals surface area contributed by atoms with Crippen LogP contribution in [0.1, 0.15) is 27.2 Å². The van der Waals surface area contributed by atoms with Crippen LogP contribution in [0.25, 0.3) is 0 Å². The van der Waals surface area contributed by atoms with Gasteiger partial charge in [-0.1, -0.05) is 22.0 Å². The van der Waals surface area contributed by atoms with Gasteiger partial charge in [0.25, 0.3) is 0 Å². The number of nitrogens with one attached hydrogen (secondary N) is 1. The lowest BCUT2D eigenvalue weighted by Crippen LogP contribution is -2.47. The van der Waals surface area contributed by atoms with Crippen LogP contribution in [-0.2, 0) is 0 Å². The van der Waals surface area contributed by atoms with Gasteiger partial charge >= 0.3 is 0 Å². The van der Waals surface area contributed by atoms with Crippen LogP contribution in [0.3, 0.4) is 0 Å². The summed E-state index contributed by atoms with van der Waals surface area (Å²) in [7, 11) is 0. The fourth-order valence-corrected chi connectivity index (χ4v) is 2.80. The minimum absolute atomic E-state index is 0.174. The van der Waals surface area contributed by atoms with Crippen molar-refractivity contribution in [3.63, 3.8) is 0 Å². The molecule has 0 saturated carbocycles. The molecule has 1 aromatic carbocycles. The van der Waals surface area contributed by atoms with Crippen LogP contribution >= 0.6 is 15.9 Å². The fraction of sp³-hybridized carbons (Fsp3) is 0.571. The van der Waals surface area contributed by atoms with Gasteiger partial charge in [0.05, 0.1) is 0 Å². The molecule has 1 N–H and O–H groups in total. The molecule has 1 heterocycles. The van der Waals surface area contributed by atoms with Crippen molar-refractivity contribution in [2.45, 2.75) is 38.8 Å². The van der Waals surface area contributed by atoms with Gasteiger partial charge in [0.1, 0.15) is 0 Å². The zero-order valence-electron chi connectivity index (χ0n) is 10.8. The van der Waals surface area contributed by atoms with Gasteiger partial charge in [-0.05, 0) is 51.9 Å². The van der Waals surface area contributed by atoms with Gasteiger partial charge in [0, 0.05) is 28.3 Å². The topological polar surface area (TPSA) is 15.3 Å². The van der Waals surface area contributed by atoms with Gasteiger partial charge in [-0.15, -0.1) is 0 Å². The van der Waals surface area contributed by atoms with E-state index in [1.807, 2.05) is 0 Å². The molecule has 1 aromatic rings. The number of nitrogens with zero attached hydrogens (tertiary/aromatic N) is 1. The van der Waals surface area contributed by atoms with Gasteiger partial charge in [-0.3, -0.25) is 0 Å². The van der Waals surface area contributed by atoms with Crippen LogP contribution in [0.4, 0.5) is 5.69 Å². The molecule has 0 radical (unpaired) electrons.